The molecule has 0 amide bonds. The maximum absolute atomic E-state index is 13.9. The van der Waals surface area contributed by atoms with E-state index >= 15 is 0 Å². The molecule has 0 fully saturated rings. The van der Waals surface area contributed by atoms with Gasteiger partial charge in [0, 0.05) is 12.1 Å². The van der Waals surface area contributed by atoms with Crippen LogP contribution in [-0.2, 0) is 0 Å². The Bertz CT molecular complexity index is 1840. The van der Waals surface area contributed by atoms with Gasteiger partial charge in [-0.05, 0) is 60.1 Å². The van der Waals surface area contributed by atoms with Gasteiger partial charge in [-0.3, -0.25) is 4.79 Å². The first kappa shape index (κ1) is 29.5. The van der Waals surface area contributed by atoms with Crippen molar-refractivity contribution >= 4 is 31.2 Å². The molecular weight excluding hydrogens is 560 g/mol. The SMILES string of the molecule is CC(C)(C)[Si](C)(C)Oc1ccc(-c2coc3cc(OC(=O)c4ccccc4)cc(OC(=O)c4ccccc4)c3c2=O)cc1. The number of carbonyl (C=O) groups excluding carboxylic acids is 2. The number of fused-ring (bicyclic) bond motifs is 1. The molecule has 8 heteroatoms. The highest BCUT2D eigenvalue weighted by molar-refractivity contribution is 6.74. The van der Waals surface area contributed by atoms with E-state index in [0.29, 0.717) is 16.7 Å². The molecule has 1 aromatic heterocycles. The normalized spacial score (nSPS) is 11.7. The first-order chi connectivity index (χ1) is 20.4. The molecule has 0 spiro atoms. The number of ether oxygens (including phenoxy) is 2. The highest BCUT2D eigenvalue weighted by Gasteiger charge is 2.39. The molecule has 0 N–H and O–H groups in total. The average Bonchev–Trinajstić information content (AvgIpc) is 2.98. The largest absolute Gasteiger partial charge is 0.544 e. The van der Waals surface area contributed by atoms with Crippen molar-refractivity contribution < 1.29 is 27.9 Å². The van der Waals surface area contributed by atoms with Gasteiger partial charge in [-0.1, -0.05) is 69.3 Å². The monoisotopic (exact) mass is 592 g/mol. The summed E-state index contributed by atoms with van der Waals surface area (Å²) in [5, 5.41) is 0.0790. The molecule has 0 bridgehead atoms. The van der Waals surface area contributed by atoms with Gasteiger partial charge < -0.3 is 18.3 Å². The third-order valence-corrected chi connectivity index (χ3v) is 12.0. The van der Waals surface area contributed by atoms with Crippen LogP contribution in [0.3, 0.4) is 0 Å². The van der Waals surface area contributed by atoms with Crippen LogP contribution in [0.2, 0.25) is 18.1 Å². The molecular formula is C35H32O7Si. The summed E-state index contributed by atoms with van der Waals surface area (Å²) in [7, 11) is -2.04. The number of benzene rings is 4. The summed E-state index contributed by atoms with van der Waals surface area (Å²) in [4.78, 5) is 39.7. The van der Waals surface area contributed by atoms with E-state index in [-0.39, 0.29) is 33.1 Å². The Morgan fingerprint density at radius 1 is 0.721 bits per heavy atom. The summed E-state index contributed by atoms with van der Waals surface area (Å²) < 4.78 is 23.5. The second-order valence-corrected chi connectivity index (χ2v) is 16.4. The fraction of sp³-hybridized carbons (Fsp3) is 0.171. The van der Waals surface area contributed by atoms with Crippen LogP contribution >= 0.6 is 0 Å². The van der Waals surface area contributed by atoms with E-state index in [0.717, 1.165) is 5.75 Å². The van der Waals surface area contributed by atoms with Gasteiger partial charge in [-0.15, -0.1) is 0 Å². The van der Waals surface area contributed by atoms with E-state index in [1.165, 1.54) is 18.4 Å². The Balaban J connectivity index is 1.54. The second kappa shape index (κ2) is 11.7. The van der Waals surface area contributed by atoms with Gasteiger partial charge in [0.15, 0.2) is 0 Å². The Labute approximate surface area is 250 Å². The first-order valence-corrected chi connectivity index (χ1v) is 16.8. The van der Waals surface area contributed by atoms with Crippen molar-refractivity contribution in [2.45, 2.75) is 38.9 Å². The molecule has 218 valence electrons. The van der Waals surface area contributed by atoms with Crippen molar-refractivity contribution in [1.29, 1.82) is 0 Å². The average molecular weight is 593 g/mol. The predicted molar refractivity (Wildman–Crippen MR) is 169 cm³/mol. The molecule has 0 aliphatic heterocycles. The maximum Gasteiger partial charge on any atom is 0.343 e. The minimum atomic E-state index is -2.04. The Hall–Kier alpha value is -4.95. The van der Waals surface area contributed by atoms with E-state index in [1.54, 1.807) is 72.8 Å². The van der Waals surface area contributed by atoms with Crippen LogP contribution in [0.5, 0.6) is 17.2 Å². The lowest BCUT2D eigenvalue weighted by Crippen LogP contribution is -2.43. The molecule has 0 saturated heterocycles. The summed E-state index contributed by atoms with van der Waals surface area (Å²) in [5.74, 6) is -0.594. The van der Waals surface area contributed by atoms with E-state index in [9.17, 15) is 14.4 Å². The lowest BCUT2D eigenvalue weighted by atomic mass is 10.0. The predicted octanol–water partition coefficient (Wildman–Crippen LogP) is 8.28. The lowest BCUT2D eigenvalue weighted by Gasteiger charge is -2.36. The standard InChI is InChI=1S/C35H32O7Si/c1-35(2,3)43(4,5)42-26-18-16-23(17-19-26)28-22-39-29-20-27(40-33(37)24-12-8-6-9-13-24)21-30(31(29)32(28)36)41-34(38)25-14-10-7-11-15-25/h6-22H,1-5H3. The van der Waals surface area contributed by atoms with Gasteiger partial charge in [0.25, 0.3) is 0 Å². The summed E-state index contributed by atoms with van der Waals surface area (Å²) in [6, 6.07) is 26.9. The molecule has 0 atom stereocenters. The Morgan fingerprint density at radius 3 is 1.84 bits per heavy atom. The van der Waals surface area contributed by atoms with Crippen molar-refractivity contribution in [1.82, 2.24) is 0 Å². The van der Waals surface area contributed by atoms with Gasteiger partial charge >= 0.3 is 11.9 Å². The van der Waals surface area contributed by atoms with Crippen molar-refractivity contribution in [2.24, 2.45) is 0 Å². The second-order valence-electron chi connectivity index (χ2n) is 11.7. The van der Waals surface area contributed by atoms with Gasteiger partial charge in [0.2, 0.25) is 13.7 Å². The van der Waals surface area contributed by atoms with Crippen LogP contribution in [0.4, 0.5) is 0 Å². The fourth-order valence-corrected chi connectivity index (χ4v) is 5.19. The zero-order valence-corrected chi connectivity index (χ0v) is 25.7. The van der Waals surface area contributed by atoms with E-state index in [1.807, 2.05) is 12.1 Å². The van der Waals surface area contributed by atoms with Crippen LogP contribution in [0.25, 0.3) is 22.1 Å². The van der Waals surface area contributed by atoms with Gasteiger partial charge in [-0.25, -0.2) is 9.59 Å². The van der Waals surface area contributed by atoms with Crippen LogP contribution in [0.15, 0.2) is 113 Å². The number of hydrogen-bond donors (Lipinski definition) is 0. The minimum Gasteiger partial charge on any atom is -0.544 e. The summed E-state index contributed by atoms with van der Waals surface area (Å²) in [6.45, 7) is 10.9. The molecule has 7 nitrogen and oxygen atoms in total. The van der Waals surface area contributed by atoms with E-state index in [2.05, 4.69) is 33.9 Å². The first-order valence-electron chi connectivity index (χ1n) is 13.9. The maximum atomic E-state index is 13.9. The minimum absolute atomic E-state index is 0.0347. The van der Waals surface area contributed by atoms with Gasteiger partial charge in [0.05, 0.1) is 16.7 Å². The molecule has 0 aliphatic rings. The third kappa shape index (κ3) is 6.44. The van der Waals surface area contributed by atoms with Crippen LogP contribution in [-0.4, -0.2) is 20.3 Å². The molecule has 0 unspecified atom stereocenters. The summed E-state index contributed by atoms with van der Waals surface area (Å²) in [5.41, 5.74) is 1.20. The molecule has 0 saturated carbocycles. The summed E-state index contributed by atoms with van der Waals surface area (Å²) >= 11 is 0. The number of hydrogen-bond acceptors (Lipinski definition) is 7. The number of rotatable bonds is 7. The van der Waals surface area contributed by atoms with Gasteiger partial charge in [0.1, 0.15) is 34.5 Å². The molecule has 4 aromatic carbocycles. The Kier molecular flexibility index (Phi) is 8.06. The topological polar surface area (TPSA) is 92.0 Å². The summed E-state index contributed by atoms with van der Waals surface area (Å²) in [6.07, 6.45) is 1.35. The van der Waals surface area contributed by atoms with Crippen molar-refractivity contribution in [3.63, 3.8) is 0 Å². The van der Waals surface area contributed by atoms with Crippen LogP contribution in [0, 0.1) is 0 Å². The lowest BCUT2D eigenvalue weighted by molar-refractivity contribution is 0.0734. The van der Waals surface area contributed by atoms with Crippen molar-refractivity contribution in [3.8, 4) is 28.4 Å². The molecule has 5 aromatic rings. The highest BCUT2D eigenvalue weighted by Crippen LogP contribution is 2.38. The molecule has 1 heterocycles. The zero-order valence-electron chi connectivity index (χ0n) is 24.7. The van der Waals surface area contributed by atoms with Gasteiger partial charge in [-0.2, -0.15) is 0 Å². The van der Waals surface area contributed by atoms with Crippen molar-refractivity contribution in [2.75, 3.05) is 0 Å². The van der Waals surface area contributed by atoms with E-state index in [4.69, 9.17) is 18.3 Å². The molecule has 43 heavy (non-hydrogen) atoms. The highest BCUT2D eigenvalue weighted by atomic mass is 28.4. The fourth-order valence-electron chi connectivity index (χ4n) is 4.16. The number of carbonyl (C=O) groups is 2. The van der Waals surface area contributed by atoms with Crippen LogP contribution < -0.4 is 19.3 Å². The molecule has 5 rings (SSSR count). The van der Waals surface area contributed by atoms with Crippen molar-refractivity contribution in [3.05, 3.63) is 125 Å². The van der Waals surface area contributed by atoms with E-state index < -0.39 is 25.7 Å². The molecule has 0 radical (unpaired) electrons. The number of esters is 2. The quantitative estimate of drug-likeness (QED) is 0.107. The smallest absolute Gasteiger partial charge is 0.343 e. The molecule has 0 aliphatic carbocycles. The third-order valence-electron chi connectivity index (χ3n) is 7.59. The Morgan fingerprint density at radius 2 is 1.28 bits per heavy atom. The zero-order chi connectivity index (χ0) is 30.8. The van der Waals surface area contributed by atoms with Crippen LogP contribution in [0.1, 0.15) is 41.5 Å².